The highest BCUT2D eigenvalue weighted by molar-refractivity contribution is 7.18. The highest BCUT2D eigenvalue weighted by atomic mass is 32.1. The quantitative estimate of drug-likeness (QED) is 0.477. The zero-order valence-corrected chi connectivity index (χ0v) is 12.3. The molecule has 0 unspecified atom stereocenters. The number of thiophene rings is 1. The van der Waals surface area contributed by atoms with Gasteiger partial charge in [0.2, 0.25) is 5.95 Å². The second-order valence-electron chi connectivity index (χ2n) is 4.21. The standard InChI is InChI=1S/C12H19N5OS/c1-4-18-6-5-17(3)10-9-7-8(2)19-11(9)15-12(14-10)16-13/h7H,4-6,13H2,1-3H3,(H,14,15,16). The minimum absolute atomic E-state index is 0.438. The second-order valence-corrected chi connectivity index (χ2v) is 5.44. The predicted octanol–water partition coefficient (Wildman–Crippen LogP) is 1.76. The van der Waals surface area contributed by atoms with E-state index in [-0.39, 0.29) is 0 Å². The smallest absolute Gasteiger partial charge is 0.240 e. The second kappa shape index (κ2) is 6.14. The van der Waals surface area contributed by atoms with Crippen LogP contribution in [-0.2, 0) is 4.74 Å². The molecule has 0 radical (unpaired) electrons. The Balaban J connectivity index is 2.33. The zero-order valence-electron chi connectivity index (χ0n) is 11.4. The molecule has 0 aliphatic carbocycles. The molecule has 2 aromatic rings. The highest BCUT2D eigenvalue weighted by Crippen LogP contribution is 2.30. The van der Waals surface area contributed by atoms with Gasteiger partial charge >= 0.3 is 0 Å². The fraction of sp³-hybridized carbons (Fsp3) is 0.500. The number of nitrogens with zero attached hydrogens (tertiary/aromatic N) is 3. The Hall–Kier alpha value is -1.44. The maximum Gasteiger partial charge on any atom is 0.240 e. The van der Waals surface area contributed by atoms with E-state index in [0.29, 0.717) is 12.6 Å². The van der Waals surface area contributed by atoms with E-state index in [1.165, 1.54) is 4.88 Å². The number of nitrogens with one attached hydrogen (secondary N) is 1. The Morgan fingerprint density at radius 3 is 2.95 bits per heavy atom. The molecule has 0 saturated carbocycles. The van der Waals surface area contributed by atoms with E-state index in [2.05, 4.69) is 33.3 Å². The Morgan fingerprint density at radius 1 is 1.47 bits per heavy atom. The molecular formula is C12H19N5OS. The van der Waals surface area contributed by atoms with Crippen LogP contribution in [0, 0.1) is 6.92 Å². The van der Waals surface area contributed by atoms with Crippen molar-refractivity contribution in [2.45, 2.75) is 13.8 Å². The van der Waals surface area contributed by atoms with Gasteiger partial charge in [0.15, 0.2) is 0 Å². The number of rotatable bonds is 6. The SMILES string of the molecule is CCOCCN(C)c1nc(NN)nc2sc(C)cc12. The summed E-state index contributed by atoms with van der Waals surface area (Å²) < 4.78 is 5.38. The lowest BCUT2D eigenvalue weighted by molar-refractivity contribution is 0.154. The van der Waals surface area contributed by atoms with Crippen molar-refractivity contribution in [2.75, 3.05) is 37.1 Å². The van der Waals surface area contributed by atoms with Gasteiger partial charge in [0.1, 0.15) is 10.6 Å². The first-order valence-electron chi connectivity index (χ1n) is 6.19. The maximum absolute atomic E-state index is 5.42. The maximum atomic E-state index is 5.42. The Kier molecular flexibility index (Phi) is 4.52. The molecule has 2 aromatic heterocycles. The third-order valence-electron chi connectivity index (χ3n) is 2.76. The summed E-state index contributed by atoms with van der Waals surface area (Å²) in [5.74, 6) is 6.74. The average molecular weight is 281 g/mol. The molecular weight excluding hydrogens is 262 g/mol. The van der Waals surface area contributed by atoms with E-state index in [1.807, 2.05) is 14.0 Å². The van der Waals surface area contributed by atoms with E-state index in [9.17, 15) is 0 Å². The fourth-order valence-electron chi connectivity index (χ4n) is 1.83. The van der Waals surface area contributed by atoms with Crippen LogP contribution in [0.5, 0.6) is 0 Å². The van der Waals surface area contributed by atoms with Crippen molar-refractivity contribution < 1.29 is 4.74 Å². The summed E-state index contributed by atoms with van der Waals surface area (Å²) in [4.78, 5) is 13.0. The molecule has 0 aromatic carbocycles. The molecule has 0 amide bonds. The Labute approximate surface area is 116 Å². The molecule has 2 rings (SSSR count). The van der Waals surface area contributed by atoms with Gasteiger partial charge in [-0.15, -0.1) is 11.3 Å². The summed E-state index contributed by atoms with van der Waals surface area (Å²) in [6.45, 7) is 6.22. The van der Waals surface area contributed by atoms with Crippen molar-refractivity contribution in [1.29, 1.82) is 0 Å². The molecule has 7 heteroatoms. The number of aromatic nitrogens is 2. The molecule has 0 spiro atoms. The van der Waals surface area contributed by atoms with Gasteiger partial charge in [-0.25, -0.2) is 10.8 Å². The summed E-state index contributed by atoms with van der Waals surface area (Å²) in [6, 6.07) is 2.10. The minimum Gasteiger partial charge on any atom is -0.380 e. The van der Waals surface area contributed by atoms with Crippen molar-refractivity contribution in [2.24, 2.45) is 5.84 Å². The molecule has 6 nitrogen and oxygen atoms in total. The fourth-order valence-corrected chi connectivity index (χ4v) is 2.71. The van der Waals surface area contributed by atoms with Gasteiger partial charge in [-0.05, 0) is 19.9 Å². The number of fused-ring (bicyclic) bond motifs is 1. The molecule has 2 heterocycles. The number of anilines is 2. The number of ether oxygens (including phenoxy) is 1. The first-order valence-corrected chi connectivity index (χ1v) is 7.01. The number of likely N-dealkylation sites (N-methyl/N-ethyl adjacent to an activating group) is 1. The predicted molar refractivity (Wildman–Crippen MR) is 79.7 cm³/mol. The third-order valence-corrected chi connectivity index (χ3v) is 3.71. The van der Waals surface area contributed by atoms with Crippen LogP contribution < -0.4 is 16.2 Å². The number of hydrazine groups is 1. The number of nitrogen functional groups attached to an aromatic ring is 1. The lowest BCUT2D eigenvalue weighted by Crippen LogP contribution is -2.24. The van der Waals surface area contributed by atoms with Crippen LogP contribution in [0.25, 0.3) is 10.2 Å². The van der Waals surface area contributed by atoms with Gasteiger partial charge in [-0.2, -0.15) is 4.98 Å². The van der Waals surface area contributed by atoms with Crippen molar-refractivity contribution >= 4 is 33.3 Å². The first kappa shape index (κ1) is 14.0. The van der Waals surface area contributed by atoms with E-state index in [0.717, 1.165) is 29.2 Å². The molecule has 0 atom stereocenters. The van der Waals surface area contributed by atoms with Crippen LogP contribution in [-0.4, -0.2) is 36.8 Å². The number of hydrogen-bond acceptors (Lipinski definition) is 7. The van der Waals surface area contributed by atoms with E-state index in [4.69, 9.17) is 10.6 Å². The third kappa shape index (κ3) is 3.12. The van der Waals surface area contributed by atoms with E-state index in [1.54, 1.807) is 11.3 Å². The van der Waals surface area contributed by atoms with Gasteiger partial charge in [0.25, 0.3) is 0 Å². The van der Waals surface area contributed by atoms with Crippen LogP contribution in [0.3, 0.4) is 0 Å². The first-order chi connectivity index (χ1) is 9.15. The topological polar surface area (TPSA) is 76.3 Å². The lowest BCUT2D eigenvalue weighted by atomic mass is 10.3. The van der Waals surface area contributed by atoms with Gasteiger partial charge in [0, 0.05) is 25.1 Å². The zero-order chi connectivity index (χ0) is 13.8. The number of aryl methyl sites for hydroxylation is 1. The minimum atomic E-state index is 0.438. The summed E-state index contributed by atoms with van der Waals surface area (Å²) in [5, 5.41) is 1.06. The molecule has 0 saturated heterocycles. The van der Waals surface area contributed by atoms with Crippen molar-refractivity contribution in [1.82, 2.24) is 9.97 Å². The van der Waals surface area contributed by atoms with Crippen LogP contribution in [0.1, 0.15) is 11.8 Å². The Morgan fingerprint density at radius 2 is 2.26 bits per heavy atom. The summed E-state index contributed by atoms with van der Waals surface area (Å²) >= 11 is 1.64. The van der Waals surface area contributed by atoms with Gasteiger partial charge < -0.3 is 9.64 Å². The molecule has 3 N–H and O–H groups in total. The molecule has 104 valence electrons. The Bertz CT molecular complexity index is 556. The van der Waals surface area contributed by atoms with Crippen LogP contribution in [0.15, 0.2) is 6.07 Å². The van der Waals surface area contributed by atoms with Gasteiger partial charge in [-0.3, -0.25) is 5.43 Å². The number of hydrogen-bond donors (Lipinski definition) is 2. The summed E-state index contributed by atoms with van der Waals surface area (Å²) in [7, 11) is 1.99. The average Bonchev–Trinajstić information content (AvgIpc) is 2.77. The van der Waals surface area contributed by atoms with Gasteiger partial charge in [0.05, 0.1) is 12.0 Å². The van der Waals surface area contributed by atoms with Crippen LogP contribution in [0.2, 0.25) is 0 Å². The largest absolute Gasteiger partial charge is 0.380 e. The lowest BCUT2D eigenvalue weighted by Gasteiger charge is -2.19. The molecule has 0 bridgehead atoms. The van der Waals surface area contributed by atoms with E-state index < -0.39 is 0 Å². The molecule has 0 aliphatic rings. The normalized spacial score (nSPS) is 10.9. The summed E-state index contributed by atoms with van der Waals surface area (Å²) in [5.41, 5.74) is 2.52. The highest BCUT2D eigenvalue weighted by Gasteiger charge is 2.13. The molecule has 0 fully saturated rings. The van der Waals surface area contributed by atoms with Crippen LogP contribution >= 0.6 is 11.3 Å². The molecule has 0 aliphatic heterocycles. The van der Waals surface area contributed by atoms with Gasteiger partial charge in [-0.1, -0.05) is 0 Å². The number of nitrogens with two attached hydrogens (primary N) is 1. The summed E-state index contributed by atoms with van der Waals surface area (Å²) in [6.07, 6.45) is 0. The van der Waals surface area contributed by atoms with Crippen molar-refractivity contribution in [3.05, 3.63) is 10.9 Å². The van der Waals surface area contributed by atoms with Crippen LogP contribution in [0.4, 0.5) is 11.8 Å². The van der Waals surface area contributed by atoms with E-state index >= 15 is 0 Å². The van der Waals surface area contributed by atoms with Crippen molar-refractivity contribution in [3.63, 3.8) is 0 Å². The molecule has 19 heavy (non-hydrogen) atoms. The van der Waals surface area contributed by atoms with Crippen molar-refractivity contribution in [3.8, 4) is 0 Å². The monoisotopic (exact) mass is 281 g/mol.